The summed E-state index contributed by atoms with van der Waals surface area (Å²) in [6.45, 7) is 12.1. The van der Waals surface area contributed by atoms with E-state index in [1.54, 1.807) is 7.11 Å². The molecule has 10 unspecified atom stereocenters. The third-order valence-electron chi connectivity index (χ3n) is 6.58. The van der Waals surface area contributed by atoms with Gasteiger partial charge in [0.25, 0.3) is 0 Å². The van der Waals surface area contributed by atoms with Gasteiger partial charge < -0.3 is 28.4 Å². The van der Waals surface area contributed by atoms with Gasteiger partial charge in [-0.3, -0.25) is 0 Å². The van der Waals surface area contributed by atoms with Crippen molar-refractivity contribution in [2.24, 2.45) is 23.7 Å². The molecule has 3 rings (SSSR count). The molecular formula is C21H38O6. The minimum Gasteiger partial charge on any atom is -0.356 e. The van der Waals surface area contributed by atoms with Crippen molar-refractivity contribution >= 4 is 0 Å². The first-order valence-electron chi connectivity index (χ1n) is 10.6. The fourth-order valence-electron chi connectivity index (χ4n) is 4.53. The third kappa shape index (κ3) is 5.22. The zero-order valence-corrected chi connectivity index (χ0v) is 17.8. The minimum absolute atomic E-state index is 0.0641. The Hall–Kier alpha value is -0.240. The Morgan fingerprint density at radius 2 is 1.56 bits per heavy atom. The summed E-state index contributed by atoms with van der Waals surface area (Å²) in [4.78, 5) is 0. The van der Waals surface area contributed by atoms with Gasteiger partial charge in [0.05, 0.1) is 31.5 Å². The van der Waals surface area contributed by atoms with E-state index in [1.807, 2.05) is 0 Å². The normalized spacial score (nSPS) is 47.8. The highest BCUT2D eigenvalue weighted by molar-refractivity contribution is 4.82. The van der Waals surface area contributed by atoms with Gasteiger partial charge in [0.1, 0.15) is 0 Å². The highest BCUT2D eigenvalue weighted by atomic mass is 16.7. The molecule has 6 heteroatoms. The van der Waals surface area contributed by atoms with Crippen molar-refractivity contribution in [2.75, 3.05) is 20.3 Å². The van der Waals surface area contributed by atoms with E-state index < -0.39 is 0 Å². The SMILES string of the molecule is COC1OC(COC2CC(C)C(CCOC3OC(C)CC3C)O2)C(C)C1C. The van der Waals surface area contributed by atoms with Crippen LogP contribution in [0.4, 0.5) is 0 Å². The van der Waals surface area contributed by atoms with E-state index in [9.17, 15) is 0 Å². The van der Waals surface area contributed by atoms with Crippen molar-refractivity contribution in [1.82, 2.24) is 0 Å². The Balaban J connectivity index is 1.36. The zero-order valence-electron chi connectivity index (χ0n) is 17.8. The van der Waals surface area contributed by atoms with Gasteiger partial charge in [-0.15, -0.1) is 0 Å². The average Bonchev–Trinajstić information content (AvgIpc) is 3.24. The maximum atomic E-state index is 6.13. The van der Waals surface area contributed by atoms with Crippen molar-refractivity contribution < 1.29 is 28.4 Å². The molecule has 10 atom stereocenters. The largest absolute Gasteiger partial charge is 0.356 e. The van der Waals surface area contributed by atoms with Crippen LogP contribution in [0, 0.1) is 23.7 Å². The van der Waals surface area contributed by atoms with Gasteiger partial charge in [-0.05, 0) is 31.6 Å². The predicted molar refractivity (Wildman–Crippen MR) is 101 cm³/mol. The quantitative estimate of drug-likeness (QED) is 0.636. The van der Waals surface area contributed by atoms with Crippen molar-refractivity contribution in [1.29, 1.82) is 0 Å². The molecule has 0 aromatic rings. The van der Waals surface area contributed by atoms with Crippen LogP contribution in [-0.2, 0) is 28.4 Å². The second-order valence-electron chi connectivity index (χ2n) is 8.83. The molecule has 0 amide bonds. The van der Waals surface area contributed by atoms with Crippen LogP contribution in [0.15, 0.2) is 0 Å². The first-order chi connectivity index (χ1) is 12.9. The lowest BCUT2D eigenvalue weighted by molar-refractivity contribution is -0.183. The molecule has 0 aromatic carbocycles. The van der Waals surface area contributed by atoms with Crippen LogP contribution in [0.3, 0.4) is 0 Å². The number of methoxy groups -OCH3 is 1. The second-order valence-corrected chi connectivity index (χ2v) is 8.83. The number of rotatable bonds is 8. The zero-order chi connectivity index (χ0) is 19.6. The molecule has 27 heavy (non-hydrogen) atoms. The van der Waals surface area contributed by atoms with Gasteiger partial charge in [0.15, 0.2) is 18.9 Å². The molecule has 0 aromatic heterocycles. The molecule has 3 aliphatic rings. The monoisotopic (exact) mass is 386 g/mol. The van der Waals surface area contributed by atoms with Crippen LogP contribution < -0.4 is 0 Å². The fourth-order valence-corrected chi connectivity index (χ4v) is 4.53. The van der Waals surface area contributed by atoms with E-state index in [0.29, 0.717) is 43.0 Å². The molecule has 0 radical (unpaired) electrons. The van der Waals surface area contributed by atoms with Crippen LogP contribution in [0.2, 0.25) is 0 Å². The lowest BCUT2D eigenvalue weighted by atomic mass is 9.94. The standard InChI is InChI=1S/C21H38O6/c1-12-10-19(24-11-18-15(4)16(5)21(22-6)27-18)26-17(12)7-8-23-20-13(2)9-14(3)25-20/h12-21H,7-11H2,1-6H3. The molecule has 3 saturated heterocycles. The maximum absolute atomic E-state index is 6.13. The summed E-state index contributed by atoms with van der Waals surface area (Å²) in [6, 6.07) is 0. The molecule has 3 aliphatic heterocycles. The Morgan fingerprint density at radius 1 is 0.778 bits per heavy atom. The summed E-state index contributed by atoms with van der Waals surface area (Å²) in [6.07, 6.45) is 3.05. The Morgan fingerprint density at radius 3 is 2.19 bits per heavy atom. The van der Waals surface area contributed by atoms with Crippen LogP contribution in [0.25, 0.3) is 0 Å². The van der Waals surface area contributed by atoms with E-state index in [1.165, 1.54) is 0 Å². The number of hydrogen-bond acceptors (Lipinski definition) is 6. The van der Waals surface area contributed by atoms with Crippen LogP contribution in [-0.4, -0.2) is 57.5 Å². The first-order valence-corrected chi connectivity index (χ1v) is 10.6. The van der Waals surface area contributed by atoms with E-state index in [2.05, 4.69) is 34.6 Å². The van der Waals surface area contributed by atoms with Crippen molar-refractivity contribution in [3.8, 4) is 0 Å². The molecule has 0 spiro atoms. The Kier molecular flexibility index (Phi) is 7.56. The maximum Gasteiger partial charge on any atom is 0.160 e. The average molecular weight is 387 g/mol. The Bertz CT molecular complexity index is 460. The summed E-state index contributed by atoms with van der Waals surface area (Å²) < 4.78 is 35.3. The van der Waals surface area contributed by atoms with Gasteiger partial charge in [0.2, 0.25) is 0 Å². The van der Waals surface area contributed by atoms with E-state index in [0.717, 1.165) is 19.3 Å². The summed E-state index contributed by atoms with van der Waals surface area (Å²) in [7, 11) is 1.70. The molecule has 0 bridgehead atoms. The number of hydrogen-bond donors (Lipinski definition) is 0. The predicted octanol–water partition coefficient (Wildman–Crippen LogP) is 3.58. The van der Waals surface area contributed by atoms with Crippen molar-refractivity contribution in [3.63, 3.8) is 0 Å². The minimum atomic E-state index is -0.153. The van der Waals surface area contributed by atoms with Gasteiger partial charge in [-0.2, -0.15) is 0 Å². The fraction of sp³-hybridized carbons (Fsp3) is 1.00. The van der Waals surface area contributed by atoms with Gasteiger partial charge >= 0.3 is 0 Å². The van der Waals surface area contributed by atoms with Crippen LogP contribution in [0.5, 0.6) is 0 Å². The lowest BCUT2D eigenvalue weighted by Crippen LogP contribution is -2.26. The highest BCUT2D eigenvalue weighted by Crippen LogP contribution is 2.35. The summed E-state index contributed by atoms with van der Waals surface area (Å²) in [5.41, 5.74) is 0. The van der Waals surface area contributed by atoms with Gasteiger partial charge in [-0.25, -0.2) is 0 Å². The topological polar surface area (TPSA) is 55.4 Å². The van der Waals surface area contributed by atoms with Crippen LogP contribution >= 0.6 is 0 Å². The van der Waals surface area contributed by atoms with Crippen molar-refractivity contribution in [2.45, 2.75) is 91.1 Å². The lowest BCUT2D eigenvalue weighted by Gasteiger charge is -2.20. The van der Waals surface area contributed by atoms with Crippen molar-refractivity contribution in [3.05, 3.63) is 0 Å². The highest BCUT2D eigenvalue weighted by Gasteiger charge is 2.41. The summed E-state index contributed by atoms with van der Waals surface area (Å²) in [5.74, 6) is 1.71. The smallest absolute Gasteiger partial charge is 0.160 e. The molecule has 3 fully saturated rings. The molecule has 3 heterocycles. The molecule has 158 valence electrons. The Labute approximate surface area is 164 Å². The van der Waals surface area contributed by atoms with E-state index >= 15 is 0 Å². The third-order valence-corrected chi connectivity index (χ3v) is 6.58. The van der Waals surface area contributed by atoms with Crippen LogP contribution in [0.1, 0.15) is 53.9 Å². The van der Waals surface area contributed by atoms with Gasteiger partial charge in [0, 0.05) is 25.4 Å². The molecule has 0 saturated carbocycles. The summed E-state index contributed by atoms with van der Waals surface area (Å²) in [5, 5.41) is 0. The second kappa shape index (κ2) is 9.51. The number of ether oxygens (including phenoxy) is 6. The molecule has 0 aliphatic carbocycles. The molecule has 0 N–H and O–H groups in total. The van der Waals surface area contributed by atoms with Gasteiger partial charge in [-0.1, -0.05) is 27.7 Å². The van der Waals surface area contributed by atoms with E-state index in [4.69, 9.17) is 28.4 Å². The summed E-state index contributed by atoms with van der Waals surface area (Å²) >= 11 is 0. The molecular weight excluding hydrogens is 348 g/mol. The first kappa shape index (κ1) is 21.5. The molecule has 6 nitrogen and oxygen atoms in total. The van der Waals surface area contributed by atoms with E-state index in [-0.39, 0.29) is 31.1 Å².